The second-order valence-corrected chi connectivity index (χ2v) is 12.3. The number of hydrogen-bond donors (Lipinski definition) is 0. The van der Waals surface area contributed by atoms with Crippen LogP contribution in [0.2, 0.25) is 0 Å². The Balaban J connectivity index is 1.37. The van der Waals surface area contributed by atoms with E-state index in [0.29, 0.717) is 0 Å². The largest absolute Gasteiger partial charge is 0.464 e. The van der Waals surface area contributed by atoms with Crippen molar-refractivity contribution in [1.29, 1.82) is 0 Å². The van der Waals surface area contributed by atoms with Crippen molar-refractivity contribution in [3.63, 3.8) is 0 Å². The van der Waals surface area contributed by atoms with Crippen LogP contribution in [-0.2, 0) is 0 Å². The van der Waals surface area contributed by atoms with E-state index in [4.69, 9.17) is 8.83 Å². The third-order valence-electron chi connectivity index (χ3n) is 8.93. The van der Waals surface area contributed by atoms with Crippen molar-refractivity contribution in [2.24, 2.45) is 0 Å². The first kappa shape index (κ1) is 23.2. The zero-order valence-electron chi connectivity index (χ0n) is 22.9. The highest BCUT2D eigenvalue weighted by molar-refractivity contribution is 7.25. The van der Waals surface area contributed by atoms with Gasteiger partial charge in [-0.25, -0.2) is 0 Å². The monoisotopic (exact) mass is 566 g/mol. The molecule has 0 aliphatic rings. The van der Waals surface area contributed by atoms with Gasteiger partial charge in [0.05, 0.1) is 11.8 Å². The van der Waals surface area contributed by atoms with Crippen LogP contribution in [0.1, 0.15) is 0 Å². The lowest BCUT2D eigenvalue weighted by Gasteiger charge is -2.18. The fourth-order valence-electron chi connectivity index (χ4n) is 7.11. The van der Waals surface area contributed by atoms with E-state index >= 15 is 0 Å². The van der Waals surface area contributed by atoms with E-state index in [1.54, 1.807) is 6.26 Å². The fraction of sp³-hybridized carbons (Fsp3) is 0. The highest BCUT2D eigenvalue weighted by atomic mass is 32.1. The molecule has 200 valence electrons. The molecule has 0 fully saturated rings. The molecule has 0 saturated heterocycles. The predicted molar refractivity (Wildman–Crippen MR) is 182 cm³/mol. The van der Waals surface area contributed by atoms with Gasteiger partial charge < -0.3 is 8.83 Å². The van der Waals surface area contributed by atoms with Crippen LogP contribution >= 0.6 is 11.3 Å². The number of rotatable bonds is 2. The molecule has 3 heterocycles. The average Bonchev–Trinajstić information content (AvgIpc) is 3.77. The minimum absolute atomic E-state index is 0.848. The molecule has 2 nitrogen and oxygen atoms in total. The summed E-state index contributed by atoms with van der Waals surface area (Å²) < 4.78 is 15.5. The molecule has 0 N–H and O–H groups in total. The maximum atomic E-state index is 6.65. The maximum Gasteiger partial charge on any atom is 0.147 e. The molecular weight excluding hydrogens is 545 g/mol. The van der Waals surface area contributed by atoms with Crippen molar-refractivity contribution in [3.05, 3.63) is 134 Å². The molecule has 7 aromatic carbocycles. The van der Waals surface area contributed by atoms with Gasteiger partial charge in [0, 0.05) is 41.9 Å². The molecular formula is C40H22O2S. The Morgan fingerprint density at radius 1 is 0.419 bits per heavy atom. The summed E-state index contributed by atoms with van der Waals surface area (Å²) in [5.74, 6) is 0. The van der Waals surface area contributed by atoms with Crippen molar-refractivity contribution >= 4 is 86.0 Å². The molecule has 0 amide bonds. The number of fused-ring (bicyclic) bond motifs is 9. The highest BCUT2D eigenvalue weighted by Crippen LogP contribution is 2.49. The molecule has 0 spiro atoms. The summed E-state index contributed by atoms with van der Waals surface area (Å²) in [4.78, 5) is 0. The second-order valence-electron chi connectivity index (χ2n) is 11.2. The second kappa shape index (κ2) is 8.57. The molecule has 0 radical (unpaired) electrons. The zero-order valence-corrected chi connectivity index (χ0v) is 23.7. The maximum absolute atomic E-state index is 6.65. The van der Waals surface area contributed by atoms with Gasteiger partial charge in [0.1, 0.15) is 16.7 Å². The Hall–Kier alpha value is -5.38. The topological polar surface area (TPSA) is 26.3 Å². The van der Waals surface area contributed by atoms with Gasteiger partial charge >= 0.3 is 0 Å². The summed E-state index contributed by atoms with van der Waals surface area (Å²) in [5.41, 5.74) is 7.22. The number of furan rings is 2. The molecule has 43 heavy (non-hydrogen) atoms. The van der Waals surface area contributed by atoms with Crippen molar-refractivity contribution in [3.8, 4) is 22.3 Å². The van der Waals surface area contributed by atoms with Gasteiger partial charge in [-0.1, -0.05) is 97.1 Å². The smallest absolute Gasteiger partial charge is 0.147 e. The zero-order chi connectivity index (χ0) is 28.1. The Morgan fingerprint density at radius 3 is 1.81 bits per heavy atom. The number of thiophene rings is 1. The molecule has 10 aromatic rings. The minimum atomic E-state index is 0.848. The Labute approximate surface area is 250 Å². The summed E-state index contributed by atoms with van der Waals surface area (Å²) in [5, 5.41) is 10.7. The van der Waals surface area contributed by atoms with Crippen LogP contribution in [0.5, 0.6) is 0 Å². The number of benzene rings is 7. The molecule has 0 bridgehead atoms. The van der Waals surface area contributed by atoms with Gasteiger partial charge in [0.15, 0.2) is 0 Å². The Bertz CT molecular complexity index is 2680. The van der Waals surface area contributed by atoms with E-state index in [1.807, 2.05) is 23.5 Å². The molecule has 10 rings (SSSR count). The SMILES string of the molecule is c1ccc2c(c1)oc1c(-c3c4ccccc4c(-c4ccc5c(c4)sc4ccccc45)c4ccccc34)c3occc3cc12. The number of para-hydroxylation sites is 1. The lowest BCUT2D eigenvalue weighted by atomic mass is 9.85. The summed E-state index contributed by atoms with van der Waals surface area (Å²) in [6.45, 7) is 0. The van der Waals surface area contributed by atoms with Crippen LogP contribution in [0.25, 0.3) is 96.9 Å². The van der Waals surface area contributed by atoms with E-state index in [-0.39, 0.29) is 0 Å². The first-order valence-electron chi connectivity index (χ1n) is 14.5. The van der Waals surface area contributed by atoms with Crippen LogP contribution in [-0.4, -0.2) is 0 Å². The van der Waals surface area contributed by atoms with Gasteiger partial charge in [0.25, 0.3) is 0 Å². The molecule has 0 aliphatic heterocycles. The molecule has 3 aromatic heterocycles. The van der Waals surface area contributed by atoms with Crippen LogP contribution < -0.4 is 0 Å². The standard InChI is InChI=1S/C40H22O2S/c1-3-13-30-28(11-1)36(23-17-18-27-26-10-6-8-16-34(26)43-35(27)22-23)29-12-2-4-14-31(29)37(30)38-39-24(19-20-41-39)21-32-25-9-5-7-15-33(25)42-40(32)38/h1-22H. The molecule has 0 unspecified atom stereocenters. The van der Waals surface area contributed by atoms with Gasteiger partial charge in [-0.3, -0.25) is 0 Å². The molecule has 3 heteroatoms. The highest BCUT2D eigenvalue weighted by Gasteiger charge is 2.24. The predicted octanol–water partition coefficient (Wildman–Crippen LogP) is 12.3. The summed E-state index contributed by atoms with van der Waals surface area (Å²) in [6.07, 6.45) is 1.79. The van der Waals surface area contributed by atoms with Crippen LogP contribution in [0.3, 0.4) is 0 Å². The van der Waals surface area contributed by atoms with E-state index in [2.05, 4.69) is 115 Å². The van der Waals surface area contributed by atoms with Crippen molar-refractivity contribution in [2.45, 2.75) is 0 Å². The Morgan fingerprint density at radius 2 is 1.05 bits per heavy atom. The van der Waals surface area contributed by atoms with Crippen LogP contribution in [0, 0.1) is 0 Å². The Kier molecular flexibility index (Phi) is 4.63. The third kappa shape index (κ3) is 3.17. The first-order chi connectivity index (χ1) is 21.3. The van der Waals surface area contributed by atoms with Gasteiger partial charge in [-0.15, -0.1) is 11.3 Å². The quantitative estimate of drug-likeness (QED) is 0.195. The molecule has 0 atom stereocenters. The third-order valence-corrected chi connectivity index (χ3v) is 10.1. The average molecular weight is 567 g/mol. The lowest BCUT2D eigenvalue weighted by Crippen LogP contribution is -1.91. The van der Waals surface area contributed by atoms with E-state index < -0.39 is 0 Å². The molecule has 0 aliphatic carbocycles. The number of hydrogen-bond acceptors (Lipinski definition) is 3. The summed E-state index contributed by atoms with van der Waals surface area (Å²) in [6, 6.07) is 45.8. The fourth-order valence-corrected chi connectivity index (χ4v) is 8.25. The van der Waals surface area contributed by atoms with Crippen molar-refractivity contribution in [1.82, 2.24) is 0 Å². The molecule has 0 saturated carbocycles. The van der Waals surface area contributed by atoms with Crippen molar-refractivity contribution < 1.29 is 8.83 Å². The van der Waals surface area contributed by atoms with Gasteiger partial charge in [-0.2, -0.15) is 0 Å². The minimum Gasteiger partial charge on any atom is -0.464 e. The normalized spacial score (nSPS) is 12.2. The van der Waals surface area contributed by atoms with Crippen molar-refractivity contribution in [2.75, 3.05) is 0 Å². The first-order valence-corrected chi connectivity index (χ1v) is 15.3. The lowest BCUT2D eigenvalue weighted by molar-refractivity contribution is 0.615. The summed E-state index contributed by atoms with van der Waals surface area (Å²) >= 11 is 1.86. The van der Waals surface area contributed by atoms with E-state index in [9.17, 15) is 0 Å². The van der Waals surface area contributed by atoms with E-state index in [1.165, 1.54) is 52.8 Å². The van der Waals surface area contributed by atoms with Gasteiger partial charge in [-0.05, 0) is 63.0 Å². The van der Waals surface area contributed by atoms with Crippen LogP contribution in [0.15, 0.2) is 142 Å². The van der Waals surface area contributed by atoms with Gasteiger partial charge in [0.2, 0.25) is 0 Å². The summed E-state index contributed by atoms with van der Waals surface area (Å²) in [7, 11) is 0. The van der Waals surface area contributed by atoms with E-state index in [0.717, 1.165) is 44.0 Å². The van der Waals surface area contributed by atoms with Crippen LogP contribution in [0.4, 0.5) is 0 Å².